The Morgan fingerprint density at radius 1 is 1.39 bits per heavy atom. The molecular weight excluding hydrogens is 320 g/mol. The molecule has 0 aliphatic carbocycles. The van der Waals surface area contributed by atoms with Crippen LogP contribution in [0.1, 0.15) is 19.4 Å². The molecule has 1 aliphatic rings. The van der Waals surface area contributed by atoms with E-state index in [1.54, 1.807) is 17.0 Å². The largest absolute Gasteiger partial charge is 0.481 e. The van der Waals surface area contributed by atoms with E-state index in [4.69, 9.17) is 5.11 Å². The van der Waals surface area contributed by atoms with Crippen LogP contribution in [0.15, 0.2) is 23.1 Å². The van der Waals surface area contributed by atoms with Crippen molar-refractivity contribution in [2.24, 2.45) is 5.92 Å². The SMILES string of the molecule is CC(=O)N1CCc2cc(S(=O)(=O)N(C)CC(C)C(=O)O)ccc21. The van der Waals surface area contributed by atoms with Crippen LogP contribution in [0.5, 0.6) is 0 Å². The molecule has 1 aliphatic heterocycles. The first kappa shape index (κ1) is 17.4. The molecule has 8 heteroatoms. The van der Waals surface area contributed by atoms with Gasteiger partial charge in [0.2, 0.25) is 15.9 Å². The van der Waals surface area contributed by atoms with Gasteiger partial charge < -0.3 is 10.0 Å². The summed E-state index contributed by atoms with van der Waals surface area (Å²) in [5, 5.41) is 8.92. The fourth-order valence-electron chi connectivity index (χ4n) is 2.61. The topological polar surface area (TPSA) is 95.0 Å². The van der Waals surface area contributed by atoms with Gasteiger partial charge in [-0.05, 0) is 30.2 Å². The smallest absolute Gasteiger partial charge is 0.307 e. The van der Waals surface area contributed by atoms with Crippen LogP contribution in [0, 0.1) is 5.92 Å². The molecule has 0 fully saturated rings. The van der Waals surface area contributed by atoms with Gasteiger partial charge in [0.15, 0.2) is 0 Å². The van der Waals surface area contributed by atoms with E-state index < -0.39 is 21.9 Å². The van der Waals surface area contributed by atoms with Gasteiger partial charge in [0.25, 0.3) is 0 Å². The first-order valence-corrected chi connectivity index (χ1v) is 8.68. The molecule has 0 aromatic heterocycles. The molecule has 1 atom stereocenters. The van der Waals surface area contributed by atoms with Gasteiger partial charge in [-0.15, -0.1) is 0 Å². The highest BCUT2D eigenvalue weighted by molar-refractivity contribution is 7.89. The summed E-state index contributed by atoms with van der Waals surface area (Å²) in [6, 6.07) is 4.65. The fourth-order valence-corrected chi connectivity index (χ4v) is 3.92. The van der Waals surface area contributed by atoms with Crippen LogP contribution < -0.4 is 4.90 Å². The summed E-state index contributed by atoms with van der Waals surface area (Å²) >= 11 is 0. The van der Waals surface area contributed by atoms with Crippen LogP contribution in [0.2, 0.25) is 0 Å². The molecule has 1 amide bonds. The third kappa shape index (κ3) is 3.37. The zero-order chi connectivity index (χ0) is 17.4. The molecule has 1 heterocycles. The summed E-state index contributed by atoms with van der Waals surface area (Å²) < 4.78 is 26.2. The van der Waals surface area contributed by atoms with E-state index in [2.05, 4.69) is 0 Å². The molecule has 7 nitrogen and oxygen atoms in total. The second-order valence-electron chi connectivity index (χ2n) is 5.74. The number of hydrogen-bond donors (Lipinski definition) is 1. The van der Waals surface area contributed by atoms with Gasteiger partial charge in [0.1, 0.15) is 0 Å². The number of carbonyl (C=O) groups excluding carboxylic acids is 1. The molecule has 126 valence electrons. The Morgan fingerprint density at radius 3 is 2.61 bits per heavy atom. The predicted molar refractivity (Wildman–Crippen MR) is 84.8 cm³/mol. The van der Waals surface area contributed by atoms with E-state index in [0.717, 1.165) is 15.6 Å². The van der Waals surface area contributed by atoms with Crippen molar-refractivity contribution in [2.75, 3.05) is 25.0 Å². The number of carboxylic acids is 1. The maximum atomic E-state index is 12.6. The second-order valence-corrected chi connectivity index (χ2v) is 7.78. The molecule has 1 aromatic rings. The number of nitrogens with zero attached hydrogens (tertiary/aromatic N) is 2. The van der Waals surface area contributed by atoms with Crippen LogP contribution in [0.3, 0.4) is 0 Å². The lowest BCUT2D eigenvalue weighted by Crippen LogP contribution is -2.33. The number of anilines is 1. The van der Waals surface area contributed by atoms with E-state index >= 15 is 0 Å². The van der Waals surface area contributed by atoms with Crippen molar-refractivity contribution in [3.63, 3.8) is 0 Å². The molecule has 1 N–H and O–H groups in total. The number of rotatable bonds is 5. The van der Waals surface area contributed by atoms with Gasteiger partial charge in [0.05, 0.1) is 10.8 Å². The Morgan fingerprint density at radius 2 is 2.04 bits per heavy atom. The molecule has 23 heavy (non-hydrogen) atoms. The lowest BCUT2D eigenvalue weighted by molar-refractivity contribution is -0.141. The van der Waals surface area contributed by atoms with E-state index in [1.807, 2.05) is 0 Å². The number of benzene rings is 1. The predicted octanol–water partition coefficient (Wildman–Crippen LogP) is 0.937. The molecule has 1 unspecified atom stereocenters. The monoisotopic (exact) mass is 340 g/mol. The Balaban J connectivity index is 2.28. The van der Waals surface area contributed by atoms with E-state index in [0.29, 0.717) is 13.0 Å². The van der Waals surface area contributed by atoms with E-state index in [-0.39, 0.29) is 17.3 Å². The van der Waals surface area contributed by atoms with Crippen molar-refractivity contribution >= 4 is 27.6 Å². The fraction of sp³-hybridized carbons (Fsp3) is 0.467. The highest BCUT2D eigenvalue weighted by Crippen LogP contribution is 2.31. The molecule has 0 radical (unpaired) electrons. The average Bonchev–Trinajstić information content (AvgIpc) is 2.89. The number of amides is 1. The molecule has 0 bridgehead atoms. The average molecular weight is 340 g/mol. The number of aliphatic carboxylic acids is 1. The minimum absolute atomic E-state index is 0.0771. The van der Waals surface area contributed by atoms with Gasteiger partial charge >= 0.3 is 5.97 Å². The summed E-state index contributed by atoms with van der Waals surface area (Å²) in [5.74, 6) is -1.91. The van der Waals surface area contributed by atoms with Gasteiger partial charge in [-0.3, -0.25) is 9.59 Å². The van der Waals surface area contributed by atoms with Crippen molar-refractivity contribution in [1.82, 2.24) is 4.31 Å². The standard InChI is InChI=1S/C15H20N2O5S/c1-10(15(19)20)9-16(3)23(21,22)13-4-5-14-12(8-13)6-7-17(14)11(2)18/h4-5,8,10H,6-7,9H2,1-3H3,(H,19,20). The maximum Gasteiger partial charge on any atom is 0.307 e. The van der Waals surface area contributed by atoms with Crippen molar-refractivity contribution < 1.29 is 23.1 Å². The maximum absolute atomic E-state index is 12.6. The van der Waals surface area contributed by atoms with Gasteiger partial charge in [-0.25, -0.2) is 12.7 Å². The summed E-state index contributed by atoms with van der Waals surface area (Å²) in [4.78, 5) is 24.1. The summed E-state index contributed by atoms with van der Waals surface area (Å²) in [5.41, 5.74) is 1.54. The Hall–Kier alpha value is -1.93. The zero-order valence-electron chi connectivity index (χ0n) is 13.3. The van der Waals surface area contributed by atoms with Gasteiger partial charge in [-0.2, -0.15) is 0 Å². The quantitative estimate of drug-likeness (QED) is 0.860. The second kappa shape index (κ2) is 6.29. The van der Waals surface area contributed by atoms with Crippen molar-refractivity contribution in [1.29, 1.82) is 0 Å². The molecular formula is C15H20N2O5S. The van der Waals surface area contributed by atoms with Crippen LogP contribution in [-0.2, 0) is 26.0 Å². The van der Waals surface area contributed by atoms with Crippen LogP contribution in [0.4, 0.5) is 5.69 Å². The third-order valence-corrected chi connectivity index (χ3v) is 5.81. The Labute approximate surface area is 135 Å². The number of sulfonamides is 1. The molecule has 0 saturated carbocycles. The van der Waals surface area contributed by atoms with Crippen LogP contribution in [0.25, 0.3) is 0 Å². The molecule has 0 saturated heterocycles. The summed E-state index contributed by atoms with van der Waals surface area (Å²) in [6.07, 6.45) is 0.605. The Bertz CT molecular complexity index is 744. The number of carbonyl (C=O) groups is 2. The number of carboxylic acid groups (broad SMARTS) is 1. The molecule has 2 rings (SSSR count). The third-order valence-electron chi connectivity index (χ3n) is 3.99. The zero-order valence-corrected chi connectivity index (χ0v) is 14.1. The van der Waals surface area contributed by atoms with E-state index in [1.165, 1.54) is 27.0 Å². The van der Waals surface area contributed by atoms with Crippen molar-refractivity contribution in [3.8, 4) is 0 Å². The van der Waals surface area contributed by atoms with Crippen LogP contribution >= 0.6 is 0 Å². The molecule has 0 spiro atoms. The first-order valence-electron chi connectivity index (χ1n) is 7.24. The van der Waals surface area contributed by atoms with Gasteiger partial charge in [-0.1, -0.05) is 6.92 Å². The van der Waals surface area contributed by atoms with E-state index in [9.17, 15) is 18.0 Å². The lowest BCUT2D eigenvalue weighted by Gasteiger charge is -2.20. The van der Waals surface area contributed by atoms with Crippen molar-refractivity contribution in [2.45, 2.75) is 25.2 Å². The first-order chi connectivity index (χ1) is 10.6. The molecule has 1 aromatic carbocycles. The van der Waals surface area contributed by atoms with Gasteiger partial charge in [0, 0.05) is 32.7 Å². The lowest BCUT2D eigenvalue weighted by atomic mass is 10.2. The highest BCUT2D eigenvalue weighted by atomic mass is 32.2. The minimum atomic E-state index is -3.76. The van der Waals surface area contributed by atoms with Crippen LogP contribution in [-0.4, -0.2) is 49.8 Å². The normalized spacial score (nSPS) is 15.6. The van der Waals surface area contributed by atoms with Crippen molar-refractivity contribution in [3.05, 3.63) is 23.8 Å². The summed E-state index contributed by atoms with van der Waals surface area (Å²) in [7, 11) is -2.40. The highest BCUT2D eigenvalue weighted by Gasteiger charge is 2.28. The summed E-state index contributed by atoms with van der Waals surface area (Å²) in [6.45, 7) is 3.37. The Kier molecular flexibility index (Phi) is 4.76. The minimum Gasteiger partial charge on any atom is -0.481 e. The number of fused-ring (bicyclic) bond motifs is 1. The number of hydrogen-bond acceptors (Lipinski definition) is 4.